The van der Waals surface area contributed by atoms with Crippen LogP contribution in [-0.2, 0) is 11.2 Å². The standard InChI is InChI=1S/C19H24N2O.ClH/c1-13-10-11-20-14(2)19(13)21-18(22)12-16-8-5-7-15-6-3-4-9-17(15)16;/h3-9,13-14,19-20H,10-12H2,1-2H3,(H,21,22);1H. The van der Waals surface area contributed by atoms with Crippen molar-refractivity contribution < 1.29 is 4.79 Å². The number of piperidine rings is 1. The van der Waals surface area contributed by atoms with Crippen LogP contribution in [0.1, 0.15) is 25.8 Å². The Morgan fingerprint density at radius 1 is 1.17 bits per heavy atom. The Balaban J connectivity index is 0.00000192. The minimum atomic E-state index is 0. The number of hydrogen-bond donors (Lipinski definition) is 2. The normalized spacial score (nSPS) is 24.0. The molecule has 4 heteroatoms. The van der Waals surface area contributed by atoms with Crippen LogP contribution in [0.2, 0.25) is 0 Å². The van der Waals surface area contributed by atoms with Crippen molar-refractivity contribution in [2.75, 3.05) is 6.54 Å². The molecule has 0 spiro atoms. The van der Waals surface area contributed by atoms with E-state index in [1.165, 1.54) is 10.8 Å². The first-order valence-corrected chi connectivity index (χ1v) is 8.14. The van der Waals surface area contributed by atoms with Gasteiger partial charge in [0.15, 0.2) is 0 Å². The third-order valence-corrected chi connectivity index (χ3v) is 4.78. The van der Waals surface area contributed by atoms with Crippen molar-refractivity contribution in [3.05, 3.63) is 48.0 Å². The first-order valence-electron chi connectivity index (χ1n) is 8.14. The molecule has 0 aromatic heterocycles. The van der Waals surface area contributed by atoms with Crippen molar-refractivity contribution in [1.29, 1.82) is 0 Å². The number of hydrogen-bond acceptors (Lipinski definition) is 2. The fourth-order valence-electron chi connectivity index (χ4n) is 3.46. The van der Waals surface area contributed by atoms with E-state index in [0.29, 0.717) is 18.4 Å². The summed E-state index contributed by atoms with van der Waals surface area (Å²) in [6, 6.07) is 15.0. The minimum Gasteiger partial charge on any atom is -0.351 e. The van der Waals surface area contributed by atoms with E-state index in [9.17, 15) is 4.79 Å². The summed E-state index contributed by atoms with van der Waals surface area (Å²) in [6.07, 6.45) is 1.56. The second kappa shape index (κ2) is 7.80. The Morgan fingerprint density at radius 3 is 2.70 bits per heavy atom. The highest BCUT2D eigenvalue weighted by atomic mass is 35.5. The Labute approximate surface area is 144 Å². The second-order valence-corrected chi connectivity index (χ2v) is 6.42. The van der Waals surface area contributed by atoms with Gasteiger partial charge in [-0.05, 0) is 42.1 Å². The van der Waals surface area contributed by atoms with Crippen LogP contribution in [-0.4, -0.2) is 24.5 Å². The molecule has 1 fully saturated rings. The maximum Gasteiger partial charge on any atom is 0.224 e. The number of rotatable bonds is 3. The number of amides is 1. The van der Waals surface area contributed by atoms with Gasteiger partial charge in [0, 0.05) is 12.1 Å². The van der Waals surface area contributed by atoms with Crippen molar-refractivity contribution in [2.45, 2.75) is 38.8 Å². The van der Waals surface area contributed by atoms with E-state index in [4.69, 9.17) is 0 Å². The van der Waals surface area contributed by atoms with Gasteiger partial charge in [-0.25, -0.2) is 0 Å². The van der Waals surface area contributed by atoms with Crippen LogP contribution in [0.15, 0.2) is 42.5 Å². The third-order valence-electron chi connectivity index (χ3n) is 4.78. The summed E-state index contributed by atoms with van der Waals surface area (Å²) in [4.78, 5) is 12.5. The molecule has 2 aromatic rings. The first kappa shape index (κ1) is 17.8. The van der Waals surface area contributed by atoms with Gasteiger partial charge >= 0.3 is 0 Å². The topological polar surface area (TPSA) is 41.1 Å². The van der Waals surface area contributed by atoms with Crippen LogP contribution < -0.4 is 10.6 Å². The maximum absolute atomic E-state index is 12.5. The fourth-order valence-corrected chi connectivity index (χ4v) is 3.46. The molecule has 2 aromatic carbocycles. The number of benzene rings is 2. The lowest BCUT2D eigenvalue weighted by molar-refractivity contribution is -0.121. The molecule has 3 unspecified atom stereocenters. The van der Waals surface area contributed by atoms with E-state index in [1.54, 1.807) is 0 Å². The monoisotopic (exact) mass is 332 g/mol. The number of carbonyl (C=O) groups excluding carboxylic acids is 1. The third kappa shape index (κ3) is 4.04. The van der Waals surface area contributed by atoms with Crippen LogP contribution in [0.4, 0.5) is 0 Å². The van der Waals surface area contributed by atoms with E-state index >= 15 is 0 Å². The lowest BCUT2D eigenvalue weighted by Crippen LogP contribution is -2.56. The minimum absolute atomic E-state index is 0. The molecule has 3 rings (SSSR count). The van der Waals surface area contributed by atoms with Crippen molar-refractivity contribution in [1.82, 2.24) is 10.6 Å². The van der Waals surface area contributed by atoms with E-state index in [-0.39, 0.29) is 24.4 Å². The van der Waals surface area contributed by atoms with E-state index < -0.39 is 0 Å². The summed E-state index contributed by atoms with van der Waals surface area (Å²) in [7, 11) is 0. The second-order valence-electron chi connectivity index (χ2n) is 6.42. The quantitative estimate of drug-likeness (QED) is 0.905. The molecule has 0 bridgehead atoms. The predicted molar refractivity (Wildman–Crippen MR) is 98.1 cm³/mol. The molecule has 0 aliphatic carbocycles. The molecule has 124 valence electrons. The van der Waals surface area contributed by atoms with Crippen LogP contribution in [0, 0.1) is 5.92 Å². The summed E-state index contributed by atoms with van der Waals surface area (Å²) in [5.41, 5.74) is 1.10. The number of fused-ring (bicyclic) bond motifs is 1. The first-order chi connectivity index (χ1) is 10.6. The molecular formula is C19H25ClN2O. The summed E-state index contributed by atoms with van der Waals surface area (Å²) in [5.74, 6) is 0.636. The van der Waals surface area contributed by atoms with Gasteiger partial charge in [0.25, 0.3) is 0 Å². The van der Waals surface area contributed by atoms with Gasteiger partial charge in [-0.15, -0.1) is 12.4 Å². The molecule has 1 heterocycles. The van der Waals surface area contributed by atoms with Gasteiger partial charge in [-0.2, -0.15) is 0 Å². The summed E-state index contributed by atoms with van der Waals surface area (Å²) < 4.78 is 0. The molecule has 0 saturated carbocycles. The average molecular weight is 333 g/mol. The number of halogens is 1. The zero-order valence-electron chi connectivity index (χ0n) is 13.7. The Bertz CT molecular complexity index is 658. The van der Waals surface area contributed by atoms with Crippen LogP contribution >= 0.6 is 12.4 Å². The van der Waals surface area contributed by atoms with Crippen molar-refractivity contribution >= 4 is 29.1 Å². The average Bonchev–Trinajstić information content (AvgIpc) is 2.51. The predicted octanol–water partition coefficient (Wildman–Crippen LogP) is 3.31. The van der Waals surface area contributed by atoms with Crippen molar-refractivity contribution in [3.63, 3.8) is 0 Å². The number of nitrogens with one attached hydrogen (secondary N) is 2. The summed E-state index contributed by atoms with van der Waals surface area (Å²) >= 11 is 0. The largest absolute Gasteiger partial charge is 0.351 e. The van der Waals surface area contributed by atoms with Crippen LogP contribution in [0.3, 0.4) is 0 Å². The van der Waals surface area contributed by atoms with Gasteiger partial charge in [-0.3, -0.25) is 4.79 Å². The van der Waals surface area contributed by atoms with Crippen molar-refractivity contribution in [3.8, 4) is 0 Å². The van der Waals surface area contributed by atoms with Crippen molar-refractivity contribution in [2.24, 2.45) is 5.92 Å². The molecule has 1 aliphatic heterocycles. The smallest absolute Gasteiger partial charge is 0.224 e. The Kier molecular flexibility index (Phi) is 6.03. The van der Waals surface area contributed by atoms with Gasteiger partial charge in [-0.1, -0.05) is 49.4 Å². The zero-order chi connectivity index (χ0) is 15.5. The highest BCUT2D eigenvalue weighted by Crippen LogP contribution is 2.20. The SMILES string of the molecule is CC1CCNC(C)C1NC(=O)Cc1cccc2ccccc12.Cl. The van der Waals surface area contributed by atoms with E-state index in [0.717, 1.165) is 18.5 Å². The van der Waals surface area contributed by atoms with E-state index in [1.807, 2.05) is 24.3 Å². The molecule has 1 aliphatic rings. The molecule has 3 nitrogen and oxygen atoms in total. The molecule has 1 saturated heterocycles. The van der Waals surface area contributed by atoms with Crippen LogP contribution in [0.25, 0.3) is 10.8 Å². The molecule has 3 atom stereocenters. The zero-order valence-corrected chi connectivity index (χ0v) is 14.5. The lowest BCUT2D eigenvalue weighted by Gasteiger charge is -2.36. The molecular weight excluding hydrogens is 308 g/mol. The number of carbonyl (C=O) groups is 1. The maximum atomic E-state index is 12.5. The van der Waals surface area contributed by atoms with E-state index in [2.05, 4.69) is 42.7 Å². The lowest BCUT2D eigenvalue weighted by atomic mass is 9.89. The molecule has 23 heavy (non-hydrogen) atoms. The fraction of sp³-hybridized carbons (Fsp3) is 0.421. The highest BCUT2D eigenvalue weighted by molar-refractivity contribution is 5.90. The Morgan fingerprint density at radius 2 is 1.91 bits per heavy atom. The van der Waals surface area contributed by atoms with Gasteiger partial charge < -0.3 is 10.6 Å². The molecule has 1 amide bonds. The summed E-state index contributed by atoms with van der Waals surface area (Å²) in [5, 5.41) is 9.03. The summed E-state index contributed by atoms with van der Waals surface area (Å²) in [6.45, 7) is 5.41. The highest BCUT2D eigenvalue weighted by Gasteiger charge is 2.28. The van der Waals surface area contributed by atoms with Crippen LogP contribution in [0.5, 0.6) is 0 Å². The molecule has 0 radical (unpaired) electrons. The Hall–Kier alpha value is -1.58. The molecule has 2 N–H and O–H groups in total. The van der Waals surface area contributed by atoms with Gasteiger partial charge in [0.1, 0.15) is 0 Å². The van der Waals surface area contributed by atoms with Gasteiger partial charge in [0.2, 0.25) is 5.91 Å². The van der Waals surface area contributed by atoms with Gasteiger partial charge in [0.05, 0.1) is 6.42 Å².